The monoisotopic (exact) mass is 460 g/mol. The summed E-state index contributed by atoms with van der Waals surface area (Å²) in [5.41, 5.74) is 1.77. The number of halogens is 1. The number of likely N-dealkylation sites (N-methyl/N-ethyl adjacent to an activating group) is 1. The Hall–Kier alpha value is -2.73. The number of hydrogen-bond donors (Lipinski definition) is 1. The summed E-state index contributed by atoms with van der Waals surface area (Å²) in [5.74, 6) is 1.06. The van der Waals surface area contributed by atoms with Gasteiger partial charge in [-0.25, -0.2) is 0 Å². The molecule has 0 heterocycles. The number of hydrogen-bond acceptors (Lipinski definition) is 4. The molecule has 1 atom stereocenters. The summed E-state index contributed by atoms with van der Waals surface area (Å²) in [7, 11) is 0. The van der Waals surface area contributed by atoms with Crippen LogP contribution in [0.25, 0.3) is 0 Å². The molecular weight excluding hydrogens is 428 g/mol. The highest BCUT2D eigenvalue weighted by Crippen LogP contribution is 2.29. The molecule has 2 aromatic carbocycles. The topological polar surface area (TPSA) is 67.9 Å². The molecule has 0 spiro atoms. The van der Waals surface area contributed by atoms with E-state index < -0.39 is 6.04 Å². The molecule has 2 amide bonds. The Morgan fingerprint density at radius 2 is 1.72 bits per heavy atom. The van der Waals surface area contributed by atoms with Crippen LogP contribution in [0.5, 0.6) is 11.5 Å². The van der Waals surface area contributed by atoms with E-state index >= 15 is 0 Å². The van der Waals surface area contributed by atoms with Gasteiger partial charge in [0.25, 0.3) is 0 Å². The number of ether oxygens (including phenoxy) is 2. The van der Waals surface area contributed by atoms with Gasteiger partial charge in [-0.2, -0.15) is 0 Å². The molecule has 0 saturated heterocycles. The Labute approximate surface area is 195 Å². The van der Waals surface area contributed by atoms with Gasteiger partial charge in [0.2, 0.25) is 11.8 Å². The Kier molecular flexibility index (Phi) is 10.3. The highest BCUT2D eigenvalue weighted by atomic mass is 35.5. The average Bonchev–Trinajstić information content (AvgIpc) is 2.78. The van der Waals surface area contributed by atoms with E-state index in [2.05, 4.69) is 5.32 Å². The summed E-state index contributed by atoms with van der Waals surface area (Å²) >= 11 is 6.31. The van der Waals surface area contributed by atoms with Crippen LogP contribution < -0.4 is 14.8 Å². The Morgan fingerprint density at radius 1 is 1.03 bits per heavy atom. The first-order chi connectivity index (χ1) is 15.4. The highest BCUT2D eigenvalue weighted by Gasteiger charge is 2.26. The van der Waals surface area contributed by atoms with Crippen molar-refractivity contribution in [2.24, 2.45) is 0 Å². The Bertz CT molecular complexity index is 903. The molecule has 0 aliphatic heterocycles. The largest absolute Gasteiger partial charge is 0.490 e. The van der Waals surface area contributed by atoms with Crippen LogP contribution >= 0.6 is 11.6 Å². The molecule has 0 aromatic heterocycles. The molecule has 1 unspecified atom stereocenters. The molecule has 0 aliphatic rings. The van der Waals surface area contributed by atoms with Crippen molar-refractivity contribution >= 4 is 23.4 Å². The average molecular weight is 461 g/mol. The maximum absolute atomic E-state index is 13.2. The quantitative estimate of drug-likeness (QED) is 0.501. The molecule has 0 radical (unpaired) electrons. The number of amides is 2. The van der Waals surface area contributed by atoms with Gasteiger partial charge in [0, 0.05) is 24.5 Å². The van der Waals surface area contributed by atoms with Crippen LogP contribution in [-0.4, -0.2) is 42.5 Å². The molecule has 1 N–H and O–H groups in total. The summed E-state index contributed by atoms with van der Waals surface area (Å²) in [4.78, 5) is 27.3. The van der Waals surface area contributed by atoms with Gasteiger partial charge in [-0.3, -0.25) is 9.59 Å². The summed E-state index contributed by atoms with van der Waals surface area (Å²) in [6, 6.07) is 12.5. The van der Waals surface area contributed by atoms with Crippen LogP contribution in [0.1, 0.15) is 45.2 Å². The third-order valence-electron chi connectivity index (χ3n) is 5.05. The predicted octanol–water partition coefficient (Wildman–Crippen LogP) is 4.62. The standard InChI is InChI=1S/C25H33ClN2O4/c1-5-27-25(30)18(4)28(17-20-10-8-9-11-21(20)26)24(29)15-13-19-12-14-22(31-6-2)23(16-19)32-7-3/h8-12,14,16,18H,5-7,13,15,17H2,1-4H3,(H,27,30). The normalized spacial score (nSPS) is 11.5. The van der Waals surface area contributed by atoms with E-state index in [1.807, 2.05) is 57.2 Å². The van der Waals surface area contributed by atoms with E-state index in [-0.39, 0.29) is 24.8 Å². The summed E-state index contributed by atoms with van der Waals surface area (Å²) in [5, 5.41) is 3.37. The van der Waals surface area contributed by atoms with Gasteiger partial charge < -0.3 is 19.7 Å². The molecule has 32 heavy (non-hydrogen) atoms. The van der Waals surface area contributed by atoms with Crippen LogP contribution in [0.3, 0.4) is 0 Å². The van der Waals surface area contributed by atoms with E-state index in [1.165, 1.54) is 0 Å². The van der Waals surface area contributed by atoms with Crippen molar-refractivity contribution in [1.82, 2.24) is 10.2 Å². The molecule has 7 heteroatoms. The smallest absolute Gasteiger partial charge is 0.242 e. The van der Waals surface area contributed by atoms with Gasteiger partial charge in [-0.1, -0.05) is 35.9 Å². The van der Waals surface area contributed by atoms with E-state index in [0.717, 1.165) is 11.1 Å². The molecule has 2 rings (SSSR count). The van der Waals surface area contributed by atoms with E-state index in [1.54, 1.807) is 17.9 Å². The second kappa shape index (κ2) is 13.0. The van der Waals surface area contributed by atoms with Gasteiger partial charge in [-0.15, -0.1) is 0 Å². The number of carbonyl (C=O) groups is 2. The molecular formula is C25H33ClN2O4. The lowest BCUT2D eigenvalue weighted by atomic mass is 10.1. The van der Waals surface area contributed by atoms with Gasteiger partial charge in [0.1, 0.15) is 6.04 Å². The zero-order chi connectivity index (χ0) is 23.5. The highest BCUT2D eigenvalue weighted by molar-refractivity contribution is 6.31. The van der Waals surface area contributed by atoms with Gasteiger partial charge >= 0.3 is 0 Å². The fraction of sp³-hybridized carbons (Fsp3) is 0.440. The van der Waals surface area contributed by atoms with Crippen molar-refractivity contribution in [2.75, 3.05) is 19.8 Å². The number of nitrogens with zero attached hydrogens (tertiary/aromatic N) is 1. The number of rotatable bonds is 12. The van der Waals surface area contributed by atoms with Crippen molar-refractivity contribution in [2.45, 2.75) is 53.1 Å². The first-order valence-electron chi connectivity index (χ1n) is 11.1. The fourth-order valence-electron chi connectivity index (χ4n) is 3.36. The van der Waals surface area contributed by atoms with Crippen molar-refractivity contribution in [3.05, 3.63) is 58.6 Å². The zero-order valence-electron chi connectivity index (χ0n) is 19.3. The molecule has 6 nitrogen and oxygen atoms in total. The number of nitrogens with one attached hydrogen (secondary N) is 1. The van der Waals surface area contributed by atoms with Crippen LogP contribution in [0.2, 0.25) is 5.02 Å². The molecule has 0 bridgehead atoms. The molecule has 0 fully saturated rings. The first kappa shape index (κ1) is 25.5. The van der Waals surface area contributed by atoms with Crippen molar-refractivity contribution in [3.63, 3.8) is 0 Å². The maximum Gasteiger partial charge on any atom is 0.242 e. The number of aryl methyl sites for hydroxylation is 1. The predicted molar refractivity (Wildman–Crippen MR) is 127 cm³/mol. The zero-order valence-corrected chi connectivity index (χ0v) is 20.1. The van der Waals surface area contributed by atoms with Crippen molar-refractivity contribution in [1.29, 1.82) is 0 Å². The van der Waals surface area contributed by atoms with Crippen molar-refractivity contribution < 1.29 is 19.1 Å². The lowest BCUT2D eigenvalue weighted by Gasteiger charge is -2.29. The minimum Gasteiger partial charge on any atom is -0.490 e. The van der Waals surface area contributed by atoms with Gasteiger partial charge in [-0.05, 0) is 63.4 Å². The third kappa shape index (κ3) is 7.16. The first-order valence-corrected chi connectivity index (χ1v) is 11.5. The van der Waals surface area contributed by atoms with Crippen LogP contribution in [-0.2, 0) is 22.6 Å². The lowest BCUT2D eigenvalue weighted by Crippen LogP contribution is -2.47. The summed E-state index contributed by atoms with van der Waals surface area (Å²) < 4.78 is 11.3. The lowest BCUT2D eigenvalue weighted by molar-refractivity contribution is -0.140. The third-order valence-corrected chi connectivity index (χ3v) is 5.42. The molecule has 0 aliphatic carbocycles. The van der Waals surface area contributed by atoms with E-state index in [0.29, 0.717) is 42.7 Å². The summed E-state index contributed by atoms with van der Waals surface area (Å²) in [6.07, 6.45) is 0.778. The maximum atomic E-state index is 13.2. The number of carbonyl (C=O) groups excluding carboxylic acids is 2. The number of benzene rings is 2. The second-order valence-electron chi connectivity index (χ2n) is 7.33. The Balaban J connectivity index is 2.17. The van der Waals surface area contributed by atoms with Crippen LogP contribution in [0.4, 0.5) is 0 Å². The van der Waals surface area contributed by atoms with Crippen LogP contribution in [0.15, 0.2) is 42.5 Å². The van der Waals surface area contributed by atoms with E-state index in [4.69, 9.17) is 21.1 Å². The minimum absolute atomic E-state index is 0.115. The fourth-order valence-corrected chi connectivity index (χ4v) is 3.56. The Morgan fingerprint density at radius 3 is 2.38 bits per heavy atom. The second-order valence-corrected chi connectivity index (χ2v) is 7.74. The van der Waals surface area contributed by atoms with Crippen LogP contribution in [0, 0.1) is 0 Å². The van der Waals surface area contributed by atoms with Gasteiger partial charge in [0.15, 0.2) is 11.5 Å². The molecule has 0 saturated carbocycles. The summed E-state index contributed by atoms with van der Waals surface area (Å²) in [6.45, 7) is 9.28. The van der Waals surface area contributed by atoms with Gasteiger partial charge in [0.05, 0.1) is 13.2 Å². The minimum atomic E-state index is -0.613. The van der Waals surface area contributed by atoms with Crippen molar-refractivity contribution in [3.8, 4) is 11.5 Å². The SMILES string of the molecule is CCNC(=O)C(C)N(Cc1ccccc1Cl)C(=O)CCc1ccc(OCC)c(OCC)c1. The van der Waals surface area contributed by atoms with E-state index in [9.17, 15) is 9.59 Å². The molecule has 174 valence electrons. The molecule has 2 aromatic rings.